The summed E-state index contributed by atoms with van der Waals surface area (Å²) in [6.45, 7) is 7.38. The highest BCUT2D eigenvalue weighted by molar-refractivity contribution is 5.23. The van der Waals surface area contributed by atoms with Crippen LogP contribution in [0.2, 0.25) is 0 Å². The van der Waals surface area contributed by atoms with Gasteiger partial charge in [0, 0.05) is 23.7 Å². The van der Waals surface area contributed by atoms with E-state index in [0.29, 0.717) is 11.6 Å². The lowest BCUT2D eigenvalue weighted by Crippen LogP contribution is -2.53. The number of hydrogen-bond donors (Lipinski definition) is 1. The fraction of sp³-hybridized carbons (Fsp3) is 0.765. The summed E-state index contributed by atoms with van der Waals surface area (Å²) in [7, 11) is 4.45. The van der Waals surface area contributed by atoms with Crippen LogP contribution < -0.4 is 5.32 Å². The predicted molar refractivity (Wildman–Crippen MR) is 84.1 cm³/mol. The first kappa shape index (κ1) is 15.6. The average Bonchev–Trinajstić information content (AvgIpc) is 2.76. The maximum absolute atomic E-state index is 5.65. The molecule has 0 aliphatic heterocycles. The quantitative estimate of drug-likeness (QED) is 0.887. The van der Waals surface area contributed by atoms with E-state index in [1.807, 2.05) is 6.92 Å². The van der Waals surface area contributed by atoms with E-state index in [0.717, 1.165) is 18.1 Å². The number of aryl methyl sites for hydroxylation is 2. The van der Waals surface area contributed by atoms with Crippen molar-refractivity contribution in [2.75, 3.05) is 20.6 Å². The maximum atomic E-state index is 5.65. The summed E-state index contributed by atoms with van der Waals surface area (Å²) in [6, 6.07) is 2.52. The van der Waals surface area contributed by atoms with E-state index >= 15 is 0 Å². The molecule has 0 saturated heterocycles. The highest BCUT2D eigenvalue weighted by atomic mass is 16.3. The summed E-state index contributed by atoms with van der Waals surface area (Å²) in [4.78, 5) is 2.43. The van der Waals surface area contributed by atoms with Crippen LogP contribution in [0.25, 0.3) is 0 Å². The average molecular weight is 278 g/mol. The number of furan rings is 1. The molecule has 1 fully saturated rings. The molecule has 0 aromatic carbocycles. The van der Waals surface area contributed by atoms with E-state index in [4.69, 9.17) is 4.42 Å². The monoisotopic (exact) mass is 278 g/mol. The first-order valence-electron chi connectivity index (χ1n) is 7.92. The zero-order chi connectivity index (χ0) is 14.8. The van der Waals surface area contributed by atoms with Crippen LogP contribution in [-0.2, 0) is 0 Å². The van der Waals surface area contributed by atoms with Crippen LogP contribution in [0.3, 0.4) is 0 Å². The molecule has 0 bridgehead atoms. The molecule has 20 heavy (non-hydrogen) atoms. The van der Waals surface area contributed by atoms with Gasteiger partial charge in [-0.15, -0.1) is 0 Å². The second-order valence-corrected chi connectivity index (χ2v) is 6.65. The zero-order valence-electron chi connectivity index (χ0n) is 13.8. The van der Waals surface area contributed by atoms with Gasteiger partial charge in [-0.25, -0.2) is 0 Å². The Balaban J connectivity index is 2.00. The van der Waals surface area contributed by atoms with Crippen LogP contribution in [0.15, 0.2) is 10.5 Å². The van der Waals surface area contributed by atoms with Crippen molar-refractivity contribution in [3.63, 3.8) is 0 Å². The molecule has 1 unspecified atom stereocenters. The Bertz CT molecular complexity index is 430. The Labute approximate surface area is 123 Å². The third-order valence-corrected chi connectivity index (χ3v) is 5.02. The minimum atomic E-state index is 0.333. The lowest BCUT2D eigenvalue weighted by molar-refractivity contribution is 0.0958. The van der Waals surface area contributed by atoms with Crippen LogP contribution in [0, 0.1) is 13.8 Å². The first-order chi connectivity index (χ1) is 9.44. The van der Waals surface area contributed by atoms with Gasteiger partial charge in [0.1, 0.15) is 11.5 Å². The standard InChI is InChI=1S/C17H30N2O/c1-13-11-16(15(3)20-13)14(2)18-12-17(19(4)5)9-7-6-8-10-17/h11,14,18H,6-10,12H2,1-5H3. The number of likely N-dealkylation sites (N-methyl/N-ethyl adjacent to an activating group) is 1. The van der Waals surface area contributed by atoms with Gasteiger partial charge in [-0.2, -0.15) is 0 Å². The Morgan fingerprint density at radius 2 is 1.90 bits per heavy atom. The third kappa shape index (κ3) is 3.26. The summed E-state index contributed by atoms with van der Waals surface area (Å²) in [6.07, 6.45) is 6.73. The van der Waals surface area contributed by atoms with Gasteiger partial charge in [0.2, 0.25) is 0 Å². The number of nitrogens with zero attached hydrogens (tertiary/aromatic N) is 1. The van der Waals surface area contributed by atoms with Crippen molar-refractivity contribution in [2.24, 2.45) is 0 Å². The van der Waals surface area contributed by atoms with Crippen LogP contribution in [0.4, 0.5) is 0 Å². The van der Waals surface area contributed by atoms with Crippen molar-refractivity contribution in [3.8, 4) is 0 Å². The lowest BCUT2D eigenvalue weighted by atomic mass is 9.80. The summed E-state index contributed by atoms with van der Waals surface area (Å²) in [5.41, 5.74) is 1.63. The van der Waals surface area contributed by atoms with Crippen molar-refractivity contribution in [1.82, 2.24) is 10.2 Å². The molecule has 1 saturated carbocycles. The molecule has 1 heterocycles. The van der Waals surface area contributed by atoms with Gasteiger partial charge in [-0.05, 0) is 53.8 Å². The second kappa shape index (κ2) is 6.31. The molecule has 1 aliphatic carbocycles. The summed E-state index contributed by atoms with van der Waals surface area (Å²) in [5, 5.41) is 3.74. The molecule has 0 spiro atoms. The molecule has 1 atom stereocenters. The molecular formula is C17H30N2O. The van der Waals surface area contributed by atoms with Crippen molar-refractivity contribution >= 4 is 0 Å². The topological polar surface area (TPSA) is 28.4 Å². The Morgan fingerprint density at radius 1 is 1.25 bits per heavy atom. The summed E-state index contributed by atoms with van der Waals surface area (Å²) >= 11 is 0. The van der Waals surface area contributed by atoms with Crippen LogP contribution in [-0.4, -0.2) is 31.1 Å². The molecule has 2 rings (SSSR count). The van der Waals surface area contributed by atoms with E-state index in [1.54, 1.807) is 0 Å². The molecule has 3 nitrogen and oxygen atoms in total. The number of rotatable bonds is 5. The minimum absolute atomic E-state index is 0.333. The normalized spacial score (nSPS) is 20.3. The Morgan fingerprint density at radius 3 is 2.40 bits per heavy atom. The van der Waals surface area contributed by atoms with Crippen molar-refractivity contribution in [2.45, 2.75) is 64.5 Å². The molecule has 0 radical (unpaired) electrons. The Hall–Kier alpha value is -0.800. The molecular weight excluding hydrogens is 248 g/mol. The van der Waals surface area contributed by atoms with Crippen molar-refractivity contribution in [1.29, 1.82) is 0 Å². The predicted octanol–water partition coefficient (Wildman–Crippen LogP) is 3.81. The zero-order valence-corrected chi connectivity index (χ0v) is 13.8. The first-order valence-corrected chi connectivity index (χ1v) is 7.92. The van der Waals surface area contributed by atoms with Crippen molar-refractivity contribution < 1.29 is 4.42 Å². The largest absolute Gasteiger partial charge is 0.466 e. The Kier molecular flexibility index (Phi) is 4.92. The number of nitrogens with one attached hydrogen (secondary N) is 1. The fourth-order valence-electron chi connectivity index (χ4n) is 3.53. The van der Waals surface area contributed by atoms with E-state index in [2.05, 4.69) is 44.2 Å². The highest BCUT2D eigenvalue weighted by Crippen LogP contribution is 2.32. The number of hydrogen-bond acceptors (Lipinski definition) is 3. The van der Waals surface area contributed by atoms with Crippen LogP contribution in [0.5, 0.6) is 0 Å². The van der Waals surface area contributed by atoms with Crippen LogP contribution >= 0.6 is 0 Å². The lowest BCUT2D eigenvalue weighted by Gasteiger charge is -2.44. The highest BCUT2D eigenvalue weighted by Gasteiger charge is 2.34. The molecule has 3 heteroatoms. The van der Waals surface area contributed by atoms with E-state index in [1.165, 1.54) is 37.7 Å². The second-order valence-electron chi connectivity index (χ2n) is 6.65. The third-order valence-electron chi connectivity index (χ3n) is 5.02. The van der Waals surface area contributed by atoms with E-state index in [9.17, 15) is 0 Å². The van der Waals surface area contributed by atoms with Gasteiger partial charge in [-0.3, -0.25) is 0 Å². The molecule has 1 aromatic heterocycles. The van der Waals surface area contributed by atoms with Gasteiger partial charge in [0.25, 0.3) is 0 Å². The van der Waals surface area contributed by atoms with Gasteiger partial charge in [0.05, 0.1) is 0 Å². The van der Waals surface area contributed by atoms with Gasteiger partial charge in [-0.1, -0.05) is 19.3 Å². The SMILES string of the molecule is Cc1cc(C(C)NCC2(N(C)C)CCCCC2)c(C)o1. The van der Waals surface area contributed by atoms with Gasteiger partial charge >= 0.3 is 0 Å². The fourth-order valence-corrected chi connectivity index (χ4v) is 3.53. The van der Waals surface area contributed by atoms with Crippen molar-refractivity contribution in [3.05, 3.63) is 23.2 Å². The van der Waals surface area contributed by atoms with E-state index in [-0.39, 0.29) is 0 Å². The maximum Gasteiger partial charge on any atom is 0.105 e. The minimum Gasteiger partial charge on any atom is -0.466 e. The van der Waals surface area contributed by atoms with Gasteiger partial charge in [0.15, 0.2) is 0 Å². The molecule has 0 amide bonds. The summed E-state index contributed by atoms with van der Waals surface area (Å²) in [5.74, 6) is 2.05. The molecule has 114 valence electrons. The van der Waals surface area contributed by atoms with Gasteiger partial charge < -0.3 is 14.6 Å². The molecule has 1 aliphatic rings. The smallest absolute Gasteiger partial charge is 0.105 e. The van der Waals surface area contributed by atoms with E-state index < -0.39 is 0 Å². The summed E-state index contributed by atoms with van der Waals surface area (Å²) < 4.78 is 5.65. The van der Waals surface area contributed by atoms with Crippen LogP contribution in [0.1, 0.15) is 62.2 Å². The molecule has 1 aromatic rings. The molecule has 1 N–H and O–H groups in total.